The molecule has 2 aliphatic heterocycles. The Kier molecular flexibility index (Phi) is 4.24. The van der Waals surface area contributed by atoms with E-state index in [0.29, 0.717) is 37.4 Å². The van der Waals surface area contributed by atoms with Gasteiger partial charge in [0.1, 0.15) is 5.60 Å². The molecule has 2 heterocycles. The number of hydrogen-bond donors (Lipinski definition) is 1. The van der Waals surface area contributed by atoms with Gasteiger partial charge in [0.05, 0.1) is 13.2 Å². The van der Waals surface area contributed by atoms with Gasteiger partial charge in [-0.1, -0.05) is 37.3 Å². The van der Waals surface area contributed by atoms with Crippen LogP contribution in [-0.4, -0.2) is 29.8 Å². The van der Waals surface area contributed by atoms with E-state index in [1.807, 2.05) is 17.0 Å². The third-order valence-corrected chi connectivity index (χ3v) is 5.25. The minimum absolute atomic E-state index is 0.0255. The van der Waals surface area contributed by atoms with Crippen molar-refractivity contribution < 1.29 is 14.3 Å². The molecule has 134 valence electrons. The summed E-state index contributed by atoms with van der Waals surface area (Å²) in [5.41, 5.74) is 3.28. The van der Waals surface area contributed by atoms with E-state index in [1.54, 1.807) is 31.2 Å². The van der Waals surface area contributed by atoms with Gasteiger partial charge in [-0.3, -0.25) is 9.59 Å². The van der Waals surface area contributed by atoms with Gasteiger partial charge < -0.3 is 15.0 Å². The monoisotopic (exact) mass is 350 g/mol. The van der Waals surface area contributed by atoms with Crippen molar-refractivity contribution in [3.05, 3.63) is 65.2 Å². The fourth-order valence-electron chi connectivity index (χ4n) is 3.84. The van der Waals surface area contributed by atoms with Crippen LogP contribution in [0.25, 0.3) is 0 Å². The molecule has 0 aromatic heterocycles. The second-order valence-corrected chi connectivity index (χ2v) is 6.90. The Labute approximate surface area is 153 Å². The van der Waals surface area contributed by atoms with Crippen molar-refractivity contribution in [1.29, 1.82) is 0 Å². The van der Waals surface area contributed by atoms with Crippen LogP contribution in [-0.2, 0) is 21.7 Å². The summed E-state index contributed by atoms with van der Waals surface area (Å²) >= 11 is 0. The van der Waals surface area contributed by atoms with Gasteiger partial charge >= 0.3 is 0 Å². The number of carbonyl (C=O) groups excluding carboxylic acids is 2. The van der Waals surface area contributed by atoms with Crippen LogP contribution in [0, 0.1) is 0 Å². The molecule has 1 unspecified atom stereocenters. The first kappa shape index (κ1) is 16.8. The van der Waals surface area contributed by atoms with E-state index in [9.17, 15) is 9.59 Å². The fourth-order valence-corrected chi connectivity index (χ4v) is 3.84. The summed E-state index contributed by atoms with van der Waals surface area (Å²) in [5.74, 6) is -0.0897. The highest BCUT2D eigenvalue weighted by atomic mass is 16.5. The van der Waals surface area contributed by atoms with Crippen LogP contribution in [0.1, 0.15) is 41.3 Å². The second kappa shape index (κ2) is 6.57. The van der Waals surface area contributed by atoms with Crippen LogP contribution < -0.4 is 5.32 Å². The number of amides is 2. The number of carbonyl (C=O) groups is 2. The van der Waals surface area contributed by atoms with Crippen LogP contribution in [0.5, 0.6) is 0 Å². The maximum atomic E-state index is 13.0. The van der Waals surface area contributed by atoms with E-state index in [-0.39, 0.29) is 17.4 Å². The minimum atomic E-state index is -0.375. The van der Waals surface area contributed by atoms with Gasteiger partial charge in [0.15, 0.2) is 0 Å². The number of anilines is 1. The minimum Gasteiger partial charge on any atom is -0.364 e. The maximum absolute atomic E-state index is 13.0. The first-order chi connectivity index (χ1) is 12.6. The van der Waals surface area contributed by atoms with Gasteiger partial charge in [-0.05, 0) is 35.7 Å². The zero-order valence-corrected chi connectivity index (χ0v) is 14.8. The molecule has 1 saturated heterocycles. The first-order valence-corrected chi connectivity index (χ1v) is 9.03. The van der Waals surface area contributed by atoms with Gasteiger partial charge in [-0.15, -0.1) is 0 Å². The summed E-state index contributed by atoms with van der Waals surface area (Å²) in [4.78, 5) is 26.4. The number of rotatable bonds is 3. The molecule has 5 heteroatoms. The molecular formula is C21H22N2O3. The van der Waals surface area contributed by atoms with Gasteiger partial charge in [-0.25, -0.2) is 0 Å². The first-order valence-electron chi connectivity index (χ1n) is 9.03. The van der Waals surface area contributed by atoms with Crippen molar-refractivity contribution in [3.8, 4) is 0 Å². The Morgan fingerprint density at radius 2 is 2.04 bits per heavy atom. The predicted octanol–water partition coefficient (Wildman–Crippen LogP) is 3.31. The van der Waals surface area contributed by atoms with Gasteiger partial charge in [0.2, 0.25) is 5.91 Å². The van der Waals surface area contributed by atoms with E-state index in [2.05, 4.69) is 17.4 Å². The van der Waals surface area contributed by atoms with Crippen molar-refractivity contribution in [3.63, 3.8) is 0 Å². The average molecular weight is 350 g/mol. The van der Waals surface area contributed by atoms with E-state index in [0.717, 1.165) is 6.42 Å². The lowest BCUT2D eigenvalue weighted by Crippen LogP contribution is -2.34. The Balaban J connectivity index is 1.52. The lowest BCUT2D eigenvalue weighted by Gasteiger charge is -2.25. The van der Waals surface area contributed by atoms with Crippen LogP contribution in [0.3, 0.4) is 0 Å². The van der Waals surface area contributed by atoms with Crippen molar-refractivity contribution in [1.82, 2.24) is 4.90 Å². The SMILES string of the molecule is CCC(=O)Nc1cccc(C(=O)N2CCC3(C2)OCc2ccccc23)c1. The fraction of sp³-hybridized carbons (Fsp3) is 0.333. The van der Waals surface area contributed by atoms with Gasteiger partial charge in [-0.2, -0.15) is 0 Å². The Hall–Kier alpha value is -2.66. The Bertz CT molecular complexity index is 864. The molecule has 0 saturated carbocycles. The van der Waals surface area contributed by atoms with Crippen molar-refractivity contribution in [2.24, 2.45) is 0 Å². The highest BCUT2D eigenvalue weighted by Gasteiger charge is 2.46. The van der Waals surface area contributed by atoms with Crippen LogP contribution in [0.2, 0.25) is 0 Å². The number of hydrogen-bond acceptors (Lipinski definition) is 3. The van der Waals surface area contributed by atoms with Gasteiger partial charge in [0, 0.05) is 24.2 Å². The molecule has 2 amide bonds. The molecule has 1 spiro atoms. The second-order valence-electron chi connectivity index (χ2n) is 6.90. The molecule has 0 bridgehead atoms. The summed E-state index contributed by atoms with van der Waals surface area (Å²) in [6, 6.07) is 15.4. The molecule has 2 aromatic rings. The van der Waals surface area contributed by atoms with E-state index in [4.69, 9.17) is 4.74 Å². The number of nitrogens with zero attached hydrogens (tertiary/aromatic N) is 1. The highest BCUT2D eigenvalue weighted by molar-refractivity contribution is 5.97. The molecular weight excluding hydrogens is 328 g/mol. The number of fused-ring (bicyclic) bond motifs is 2. The van der Waals surface area contributed by atoms with Crippen molar-refractivity contribution >= 4 is 17.5 Å². The highest BCUT2D eigenvalue weighted by Crippen LogP contribution is 2.43. The molecule has 0 radical (unpaired) electrons. The third kappa shape index (κ3) is 2.88. The van der Waals surface area contributed by atoms with Crippen molar-refractivity contribution in [2.45, 2.75) is 32.0 Å². The van der Waals surface area contributed by atoms with Crippen molar-refractivity contribution in [2.75, 3.05) is 18.4 Å². The largest absolute Gasteiger partial charge is 0.364 e. The molecule has 4 rings (SSSR count). The van der Waals surface area contributed by atoms with E-state index >= 15 is 0 Å². The normalized spacial score (nSPS) is 21.0. The lowest BCUT2D eigenvalue weighted by atomic mass is 9.92. The molecule has 1 atom stereocenters. The average Bonchev–Trinajstić information content (AvgIpc) is 3.27. The number of benzene rings is 2. The topological polar surface area (TPSA) is 58.6 Å². The summed E-state index contributed by atoms with van der Waals surface area (Å²) in [6.45, 7) is 3.64. The van der Waals surface area contributed by atoms with Crippen LogP contribution >= 0.6 is 0 Å². The molecule has 2 aliphatic rings. The molecule has 1 fully saturated rings. The number of ether oxygens (including phenoxy) is 1. The molecule has 0 aliphatic carbocycles. The molecule has 1 N–H and O–H groups in total. The lowest BCUT2D eigenvalue weighted by molar-refractivity contribution is -0.115. The summed E-state index contributed by atoms with van der Waals surface area (Å²) in [6.07, 6.45) is 1.21. The molecule has 2 aromatic carbocycles. The summed E-state index contributed by atoms with van der Waals surface area (Å²) in [5, 5.41) is 2.80. The number of likely N-dealkylation sites (tertiary alicyclic amines) is 1. The zero-order valence-electron chi connectivity index (χ0n) is 14.8. The Morgan fingerprint density at radius 1 is 1.19 bits per heavy atom. The quantitative estimate of drug-likeness (QED) is 0.924. The van der Waals surface area contributed by atoms with Crippen LogP contribution in [0.4, 0.5) is 5.69 Å². The maximum Gasteiger partial charge on any atom is 0.254 e. The molecule has 5 nitrogen and oxygen atoms in total. The zero-order chi connectivity index (χ0) is 18.1. The predicted molar refractivity (Wildman–Crippen MR) is 98.8 cm³/mol. The third-order valence-electron chi connectivity index (χ3n) is 5.25. The Morgan fingerprint density at radius 3 is 2.88 bits per heavy atom. The summed E-state index contributed by atoms with van der Waals surface area (Å²) in [7, 11) is 0. The standard InChI is InChI=1S/C21H22N2O3/c1-2-19(24)22-17-8-5-7-15(12-17)20(25)23-11-10-21(14-23)18-9-4-3-6-16(18)13-26-21/h3-9,12H,2,10-11,13-14H2,1H3,(H,22,24). The van der Waals surface area contributed by atoms with E-state index in [1.165, 1.54) is 11.1 Å². The number of nitrogens with one attached hydrogen (secondary N) is 1. The van der Waals surface area contributed by atoms with E-state index < -0.39 is 0 Å². The van der Waals surface area contributed by atoms with Gasteiger partial charge in [0.25, 0.3) is 5.91 Å². The molecule has 26 heavy (non-hydrogen) atoms. The summed E-state index contributed by atoms with van der Waals surface area (Å²) < 4.78 is 6.13. The smallest absolute Gasteiger partial charge is 0.254 e. The van der Waals surface area contributed by atoms with Crippen LogP contribution in [0.15, 0.2) is 48.5 Å².